The molecule has 0 aliphatic carbocycles. The Morgan fingerprint density at radius 1 is 1.27 bits per heavy atom. The fraction of sp³-hybridized carbons (Fsp3) is 1.00. The minimum Gasteiger partial charge on any atom is -0.317 e. The molecule has 6 heteroatoms. The van der Waals surface area contributed by atoms with E-state index in [4.69, 9.17) is 4.89 Å². The second kappa shape index (κ2) is 9.31. The van der Waals surface area contributed by atoms with Crippen LogP contribution < -0.4 is 5.32 Å². The summed E-state index contributed by atoms with van der Waals surface area (Å²) in [6.45, 7) is 4.40. The van der Waals surface area contributed by atoms with E-state index >= 15 is 0 Å². The van der Waals surface area contributed by atoms with Crippen LogP contribution >= 0.6 is 7.82 Å². The molecule has 92 valence electrons. The topological polar surface area (TPSA) is 67.8 Å². The molecule has 0 aromatic carbocycles. The van der Waals surface area contributed by atoms with Gasteiger partial charge in [0.05, 0.1) is 6.61 Å². The van der Waals surface area contributed by atoms with Gasteiger partial charge in [-0.3, -0.25) is 9.05 Å². The first kappa shape index (κ1) is 15.1. The standard InChI is InChI=1S/C9H22NO4P/c1-3-10-8-6-4-5-7-9-14-15(11,12)13-2/h10H,3-9H2,1-2H3,(H,11,12). The van der Waals surface area contributed by atoms with Crippen LogP contribution in [0, 0.1) is 0 Å². The van der Waals surface area contributed by atoms with Gasteiger partial charge >= 0.3 is 7.82 Å². The van der Waals surface area contributed by atoms with E-state index in [0.717, 1.165) is 45.9 Å². The summed E-state index contributed by atoms with van der Waals surface area (Å²) in [7, 11) is -2.59. The number of nitrogens with one attached hydrogen (secondary N) is 1. The Labute approximate surface area is 91.8 Å². The van der Waals surface area contributed by atoms with Crippen LogP contribution in [0.4, 0.5) is 0 Å². The highest BCUT2D eigenvalue weighted by atomic mass is 31.2. The smallest absolute Gasteiger partial charge is 0.317 e. The van der Waals surface area contributed by atoms with Crippen molar-refractivity contribution < 1.29 is 18.5 Å². The van der Waals surface area contributed by atoms with Crippen molar-refractivity contribution in [1.82, 2.24) is 5.32 Å². The number of phosphoric acid groups is 1. The summed E-state index contributed by atoms with van der Waals surface area (Å²) in [4.78, 5) is 8.90. The summed E-state index contributed by atoms with van der Waals surface area (Å²) in [5.41, 5.74) is 0. The zero-order chi connectivity index (χ0) is 11.6. The van der Waals surface area contributed by atoms with Crippen LogP contribution in [0.3, 0.4) is 0 Å². The van der Waals surface area contributed by atoms with E-state index in [1.165, 1.54) is 0 Å². The average molecular weight is 239 g/mol. The van der Waals surface area contributed by atoms with Crippen LogP contribution in [0.15, 0.2) is 0 Å². The largest absolute Gasteiger partial charge is 0.471 e. The SMILES string of the molecule is CCNCCCCCCOP(=O)(O)OC. The Balaban J connectivity index is 3.15. The number of hydrogen-bond acceptors (Lipinski definition) is 4. The minimum atomic E-state index is -3.75. The fourth-order valence-corrected chi connectivity index (χ4v) is 1.58. The predicted octanol–water partition coefficient (Wildman–Crippen LogP) is 1.92. The van der Waals surface area contributed by atoms with Crippen LogP contribution in [0.1, 0.15) is 32.6 Å². The van der Waals surface area contributed by atoms with E-state index in [0.29, 0.717) is 0 Å². The second-order valence-electron chi connectivity index (χ2n) is 3.25. The molecule has 15 heavy (non-hydrogen) atoms. The van der Waals surface area contributed by atoms with Crippen molar-refractivity contribution in [2.45, 2.75) is 32.6 Å². The average Bonchev–Trinajstić information content (AvgIpc) is 2.22. The van der Waals surface area contributed by atoms with E-state index in [1.807, 2.05) is 0 Å². The third kappa shape index (κ3) is 10.4. The highest BCUT2D eigenvalue weighted by Gasteiger charge is 2.16. The molecule has 0 fully saturated rings. The fourth-order valence-electron chi connectivity index (χ4n) is 1.12. The number of unbranched alkanes of at least 4 members (excludes halogenated alkanes) is 3. The van der Waals surface area contributed by atoms with E-state index < -0.39 is 7.82 Å². The Morgan fingerprint density at radius 2 is 1.93 bits per heavy atom. The second-order valence-corrected chi connectivity index (χ2v) is 4.81. The summed E-state index contributed by atoms with van der Waals surface area (Å²) in [5, 5.41) is 3.24. The summed E-state index contributed by atoms with van der Waals surface area (Å²) >= 11 is 0. The Kier molecular flexibility index (Phi) is 9.35. The Hall–Kier alpha value is 0.0700. The summed E-state index contributed by atoms with van der Waals surface area (Å²) in [6.07, 6.45) is 4.04. The summed E-state index contributed by atoms with van der Waals surface area (Å²) in [6, 6.07) is 0. The monoisotopic (exact) mass is 239 g/mol. The van der Waals surface area contributed by atoms with Crippen LogP contribution in [0.5, 0.6) is 0 Å². The maximum atomic E-state index is 10.9. The van der Waals surface area contributed by atoms with Crippen LogP contribution in [0.2, 0.25) is 0 Å². The molecule has 1 atom stereocenters. The van der Waals surface area contributed by atoms with Crippen molar-refractivity contribution in [2.75, 3.05) is 26.8 Å². The maximum absolute atomic E-state index is 10.9. The lowest BCUT2D eigenvalue weighted by atomic mass is 10.2. The van der Waals surface area contributed by atoms with Gasteiger partial charge in [0.15, 0.2) is 0 Å². The van der Waals surface area contributed by atoms with Gasteiger partial charge in [0.2, 0.25) is 0 Å². The van der Waals surface area contributed by atoms with Crippen molar-refractivity contribution >= 4 is 7.82 Å². The molecule has 0 saturated heterocycles. The minimum absolute atomic E-state index is 0.281. The van der Waals surface area contributed by atoms with Gasteiger partial charge in [0, 0.05) is 7.11 Å². The lowest BCUT2D eigenvalue weighted by Gasteiger charge is -2.08. The molecule has 0 bridgehead atoms. The zero-order valence-electron chi connectivity index (χ0n) is 9.57. The van der Waals surface area contributed by atoms with Crippen LogP contribution in [-0.4, -0.2) is 31.7 Å². The molecule has 0 amide bonds. The molecule has 0 saturated carbocycles. The van der Waals surface area contributed by atoms with Gasteiger partial charge < -0.3 is 10.2 Å². The normalized spacial score (nSPS) is 15.1. The Bertz CT molecular complexity index is 189. The summed E-state index contributed by atoms with van der Waals surface area (Å²) < 4.78 is 19.8. The lowest BCUT2D eigenvalue weighted by molar-refractivity contribution is 0.170. The quantitative estimate of drug-likeness (QED) is 0.450. The molecule has 0 spiro atoms. The maximum Gasteiger partial charge on any atom is 0.471 e. The molecule has 0 rings (SSSR count). The van der Waals surface area contributed by atoms with Gasteiger partial charge in [-0.1, -0.05) is 19.8 Å². The number of hydrogen-bond donors (Lipinski definition) is 2. The van der Waals surface area contributed by atoms with E-state index in [2.05, 4.69) is 21.3 Å². The van der Waals surface area contributed by atoms with Crippen LogP contribution in [0.25, 0.3) is 0 Å². The molecule has 0 radical (unpaired) electrons. The van der Waals surface area contributed by atoms with Crippen molar-refractivity contribution in [3.05, 3.63) is 0 Å². The highest BCUT2D eigenvalue weighted by molar-refractivity contribution is 7.47. The first-order valence-electron chi connectivity index (χ1n) is 5.36. The Morgan fingerprint density at radius 3 is 2.53 bits per heavy atom. The number of rotatable bonds is 10. The lowest BCUT2D eigenvalue weighted by Crippen LogP contribution is -2.13. The van der Waals surface area contributed by atoms with Gasteiger partial charge in [-0.05, 0) is 25.9 Å². The third-order valence-corrected chi connectivity index (χ3v) is 2.95. The van der Waals surface area contributed by atoms with Gasteiger partial charge in [-0.15, -0.1) is 0 Å². The van der Waals surface area contributed by atoms with E-state index in [9.17, 15) is 4.57 Å². The molecular weight excluding hydrogens is 217 g/mol. The molecule has 2 N–H and O–H groups in total. The van der Waals surface area contributed by atoms with E-state index in [-0.39, 0.29) is 6.61 Å². The first-order valence-corrected chi connectivity index (χ1v) is 6.85. The molecule has 0 aliphatic rings. The van der Waals surface area contributed by atoms with Crippen LogP contribution in [-0.2, 0) is 13.6 Å². The van der Waals surface area contributed by atoms with Crippen molar-refractivity contribution in [3.63, 3.8) is 0 Å². The number of phosphoric ester groups is 1. The third-order valence-electron chi connectivity index (χ3n) is 1.98. The van der Waals surface area contributed by atoms with Gasteiger partial charge in [0.1, 0.15) is 0 Å². The molecular formula is C9H22NO4P. The van der Waals surface area contributed by atoms with E-state index in [1.54, 1.807) is 0 Å². The van der Waals surface area contributed by atoms with Gasteiger partial charge in [-0.2, -0.15) is 0 Å². The predicted molar refractivity (Wildman–Crippen MR) is 59.8 cm³/mol. The molecule has 1 unspecified atom stereocenters. The molecule has 0 aromatic heterocycles. The van der Waals surface area contributed by atoms with Crippen molar-refractivity contribution in [3.8, 4) is 0 Å². The van der Waals surface area contributed by atoms with Gasteiger partial charge in [-0.25, -0.2) is 4.57 Å². The summed E-state index contributed by atoms with van der Waals surface area (Å²) in [5.74, 6) is 0. The van der Waals surface area contributed by atoms with Crippen molar-refractivity contribution in [2.24, 2.45) is 0 Å². The molecule has 0 aromatic rings. The first-order chi connectivity index (χ1) is 7.12. The molecule has 0 heterocycles. The highest BCUT2D eigenvalue weighted by Crippen LogP contribution is 2.41. The van der Waals surface area contributed by atoms with Gasteiger partial charge in [0.25, 0.3) is 0 Å². The zero-order valence-corrected chi connectivity index (χ0v) is 10.5. The van der Waals surface area contributed by atoms with Crippen molar-refractivity contribution in [1.29, 1.82) is 0 Å². The molecule has 0 aliphatic heterocycles. The molecule has 5 nitrogen and oxygen atoms in total.